The summed E-state index contributed by atoms with van der Waals surface area (Å²) < 4.78 is 1.87. The maximum atomic E-state index is 4.09. The molecule has 0 aliphatic heterocycles. The van der Waals surface area contributed by atoms with Crippen LogP contribution in [0.15, 0.2) is 23.7 Å². The lowest BCUT2D eigenvalue weighted by atomic mass is 10.4. The molecule has 5 heteroatoms. The van der Waals surface area contributed by atoms with Crippen LogP contribution in [0.25, 0.3) is 0 Å². The Morgan fingerprint density at radius 3 is 3.20 bits per heavy atom. The summed E-state index contributed by atoms with van der Waals surface area (Å²) >= 11 is 1.74. The third kappa shape index (κ3) is 2.87. The third-order valence-electron chi connectivity index (χ3n) is 2.04. The minimum atomic E-state index is 0.793. The van der Waals surface area contributed by atoms with Gasteiger partial charge in [0.25, 0.3) is 0 Å². The van der Waals surface area contributed by atoms with Crippen LogP contribution in [0.1, 0.15) is 17.5 Å². The number of rotatable bonds is 5. The summed E-state index contributed by atoms with van der Waals surface area (Å²) in [6.45, 7) is 4.64. The zero-order valence-electron chi connectivity index (χ0n) is 8.68. The molecule has 0 aliphatic carbocycles. The Morgan fingerprint density at radius 2 is 2.47 bits per heavy atom. The van der Waals surface area contributed by atoms with Crippen LogP contribution in [0.3, 0.4) is 0 Å². The molecule has 15 heavy (non-hydrogen) atoms. The minimum Gasteiger partial charge on any atom is -0.311 e. The molecule has 0 aromatic carbocycles. The molecule has 2 heterocycles. The Kier molecular flexibility index (Phi) is 3.47. The van der Waals surface area contributed by atoms with Gasteiger partial charge in [0.15, 0.2) is 0 Å². The van der Waals surface area contributed by atoms with Crippen LogP contribution in [0.4, 0.5) is 0 Å². The van der Waals surface area contributed by atoms with Gasteiger partial charge < -0.3 is 5.32 Å². The first kappa shape index (κ1) is 10.3. The zero-order chi connectivity index (χ0) is 10.5. The molecular formula is C10H14N4S. The molecule has 0 saturated carbocycles. The summed E-state index contributed by atoms with van der Waals surface area (Å²) in [7, 11) is 0. The standard InChI is InChI=1S/C10H14N4S/c1-2-11-6-9-7-14(13-12-9)8-10-4-3-5-15-10/h3-5,7,11H,2,6,8H2,1H3. The second-order valence-electron chi connectivity index (χ2n) is 3.27. The number of aromatic nitrogens is 3. The molecule has 0 atom stereocenters. The van der Waals surface area contributed by atoms with E-state index in [4.69, 9.17) is 0 Å². The lowest BCUT2D eigenvalue weighted by molar-refractivity contribution is 0.654. The fourth-order valence-electron chi connectivity index (χ4n) is 1.31. The van der Waals surface area contributed by atoms with Gasteiger partial charge in [-0.1, -0.05) is 18.2 Å². The molecule has 0 aliphatic rings. The van der Waals surface area contributed by atoms with Gasteiger partial charge in [0, 0.05) is 11.4 Å². The highest BCUT2D eigenvalue weighted by Gasteiger charge is 2.01. The van der Waals surface area contributed by atoms with E-state index in [1.165, 1.54) is 4.88 Å². The van der Waals surface area contributed by atoms with Crippen LogP contribution in [-0.2, 0) is 13.1 Å². The lowest BCUT2D eigenvalue weighted by Crippen LogP contribution is -2.11. The summed E-state index contributed by atoms with van der Waals surface area (Å²) in [5.74, 6) is 0. The maximum absolute atomic E-state index is 4.09. The predicted octanol–water partition coefficient (Wildman–Crippen LogP) is 1.50. The van der Waals surface area contributed by atoms with Gasteiger partial charge >= 0.3 is 0 Å². The van der Waals surface area contributed by atoms with Crippen molar-refractivity contribution in [1.29, 1.82) is 0 Å². The highest BCUT2D eigenvalue weighted by Crippen LogP contribution is 2.09. The van der Waals surface area contributed by atoms with Gasteiger partial charge in [-0.15, -0.1) is 16.4 Å². The zero-order valence-corrected chi connectivity index (χ0v) is 9.50. The van der Waals surface area contributed by atoms with Crippen molar-refractivity contribution in [3.8, 4) is 0 Å². The second-order valence-corrected chi connectivity index (χ2v) is 4.30. The van der Waals surface area contributed by atoms with E-state index in [1.54, 1.807) is 11.3 Å². The summed E-state index contributed by atoms with van der Waals surface area (Å²) in [6, 6.07) is 4.16. The SMILES string of the molecule is CCNCc1cn(Cc2cccs2)nn1. The van der Waals surface area contributed by atoms with Gasteiger partial charge in [0.2, 0.25) is 0 Å². The minimum absolute atomic E-state index is 0.793. The van der Waals surface area contributed by atoms with Crippen molar-refractivity contribution < 1.29 is 0 Å². The fourth-order valence-corrected chi connectivity index (χ4v) is 2.01. The normalized spacial score (nSPS) is 10.7. The van der Waals surface area contributed by atoms with E-state index in [9.17, 15) is 0 Å². The molecule has 2 rings (SSSR count). The van der Waals surface area contributed by atoms with Crippen LogP contribution in [-0.4, -0.2) is 21.5 Å². The van der Waals surface area contributed by atoms with Crippen LogP contribution in [0.2, 0.25) is 0 Å². The Labute approximate surface area is 92.9 Å². The Hall–Kier alpha value is -1.20. The number of nitrogens with one attached hydrogen (secondary N) is 1. The Balaban J connectivity index is 1.95. The van der Waals surface area contributed by atoms with E-state index in [0.717, 1.165) is 25.3 Å². The molecule has 0 fully saturated rings. The monoisotopic (exact) mass is 222 g/mol. The molecule has 2 aromatic heterocycles. The first-order valence-electron chi connectivity index (χ1n) is 5.00. The van der Waals surface area contributed by atoms with Gasteiger partial charge in [-0.2, -0.15) is 0 Å². The van der Waals surface area contributed by atoms with Crippen LogP contribution in [0, 0.1) is 0 Å². The quantitative estimate of drug-likeness (QED) is 0.833. The first-order valence-corrected chi connectivity index (χ1v) is 5.88. The molecular weight excluding hydrogens is 208 g/mol. The summed E-state index contributed by atoms with van der Waals surface area (Å²) in [5.41, 5.74) is 0.994. The largest absolute Gasteiger partial charge is 0.311 e. The van der Waals surface area contributed by atoms with Crippen LogP contribution < -0.4 is 5.32 Å². The van der Waals surface area contributed by atoms with Gasteiger partial charge in [-0.25, -0.2) is 4.68 Å². The van der Waals surface area contributed by atoms with E-state index in [-0.39, 0.29) is 0 Å². The van der Waals surface area contributed by atoms with Gasteiger partial charge in [0.05, 0.1) is 18.4 Å². The van der Waals surface area contributed by atoms with Crippen molar-refractivity contribution in [3.05, 3.63) is 34.3 Å². The number of thiophene rings is 1. The Morgan fingerprint density at radius 1 is 1.53 bits per heavy atom. The molecule has 0 bridgehead atoms. The molecule has 4 nitrogen and oxygen atoms in total. The topological polar surface area (TPSA) is 42.7 Å². The van der Waals surface area contributed by atoms with Crippen LogP contribution >= 0.6 is 11.3 Å². The average molecular weight is 222 g/mol. The molecule has 1 N–H and O–H groups in total. The van der Waals surface area contributed by atoms with E-state index in [2.05, 4.69) is 40.1 Å². The highest BCUT2D eigenvalue weighted by atomic mass is 32.1. The highest BCUT2D eigenvalue weighted by molar-refractivity contribution is 7.09. The summed E-state index contributed by atoms with van der Waals surface area (Å²) in [6.07, 6.45) is 1.99. The second kappa shape index (κ2) is 5.04. The van der Waals surface area contributed by atoms with Crippen molar-refractivity contribution in [3.63, 3.8) is 0 Å². The summed E-state index contributed by atoms with van der Waals surface area (Å²) in [4.78, 5) is 1.30. The molecule has 0 unspecified atom stereocenters. The molecule has 0 saturated heterocycles. The first-order chi connectivity index (χ1) is 7.38. The van der Waals surface area contributed by atoms with E-state index in [0.29, 0.717) is 0 Å². The van der Waals surface area contributed by atoms with E-state index in [1.807, 2.05) is 10.9 Å². The number of hydrogen-bond acceptors (Lipinski definition) is 4. The Bertz CT molecular complexity index is 393. The fraction of sp³-hybridized carbons (Fsp3) is 0.400. The summed E-state index contributed by atoms with van der Waals surface area (Å²) in [5, 5.41) is 13.5. The van der Waals surface area contributed by atoms with E-state index >= 15 is 0 Å². The predicted molar refractivity (Wildman–Crippen MR) is 60.8 cm³/mol. The van der Waals surface area contributed by atoms with Crippen molar-refractivity contribution in [2.45, 2.75) is 20.0 Å². The molecule has 0 radical (unpaired) electrons. The van der Waals surface area contributed by atoms with Gasteiger partial charge in [-0.3, -0.25) is 0 Å². The van der Waals surface area contributed by atoms with Crippen molar-refractivity contribution >= 4 is 11.3 Å². The number of hydrogen-bond donors (Lipinski definition) is 1. The molecule has 0 spiro atoms. The van der Waals surface area contributed by atoms with Gasteiger partial charge in [0.1, 0.15) is 0 Å². The van der Waals surface area contributed by atoms with E-state index < -0.39 is 0 Å². The number of nitrogens with zero attached hydrogens (tertiary/aromatic N) is 3. The van der Waals surface area contributed by atoms with Gasteiger partial charge in [-0.05, 0) is 18.0 Å². The molecule has 80 valence electrons. The third-order valence-corrected chi connectivity index (χ3v) is 2.90. The molecule has 2 aromatic rings. The smallest absolute Gasteiger partial charge is 0.0964 e. The van der Waals surface area contributed by atoms with Crippen molar-refractivity contribution in [2.24, 2.45) is 0 Å². The maximum Gasteiger partial charge on any atom is 0.0964 e. The lowest BCUT2D eigenvalue weighted by Gasteiger charge is -1.96. The molecule has 0 amide bonds. The van der Waals surface area contributed by atoms with Crippen molar-refractivity contribution in [1.82, 2.24) is 20.3 Å². The van der Waals surface area contributed by atoms with Crippen molar-refractivity contribution in [2.75, 3.05) is 6.54 Å². The average Bonchev–Trinajstić information content (AvgIpc) is 2.87. The van der Waals surface area contributed by atoms with Crippen LogP contribution in [0.5, 0.6) is 0 Å².